The fourth-order valence-electron chi connectivity index (χ4n) is 3.35. The van der Waals surface area contributed by atoms with Crippen LogP contribution in [0.5, 0.6) is 0 Å². The molecule has 0 bridgehead atoms. The molecule has 0 saturated carbocycles. The van der Waals surface area contributed by atoms with Crippen molar-refractivity contribution in [3.8, 4) is 0 Å². The Balaban J connectivity index is 1.54. The number of rotatable bonds is 3. The molecular weight excluding hydrogens is 314 g/mol. The van der Waals surface area contributed by atoms with Crippen molar-refractivity contribution in [2.45, 2.75) is 12.3 Å². The number of hydrogen-bond acceptors (Lipinski definition) is 6. The summed E-state index contributed by atoms with van der Waals surface area (Å²) in [5, 5.41) is 5.89. The lowest BCUT2D eigenvalue weighted by Gasteiger charge is -2.22. The standard InChI is InChI=1S/C16H17N3O3S/c1-11-17-15(22-18-11)16-9-19(7-12(16)8-21-10-16)14(20)5-4-13-3-2-6-23-13/h2-6,12H,7-10H2,1H3/b5-4+/t12-,16-/m0/s1. The number of carbonyl (C=O) groups excluding carboxylic acids is 1. The van der Waals surface area contributed by atoms with Gasteiger partial charge in [-0.3, -0.25) is 4.79 Å². The van der Waals surface area contributed by atoms with Crippen molar-refractivity contribution < 1.29 is 14.1 Å². The SMILES string of the molecule is Cc1noc([C@@]23COC[C@@H]2CN(C(=O)/C=C/c2cccs2)C3)n1. The van der Waals surface area contributed by atoms with Crippen LogP contribution in [0.25, 0.3) is 6.08 Å². The van der Waals surface area contributed by atoms with Gasteiger partial charge in [0.2, 0.25) is 11.8 Å². The number of carbonyl (C=O) groups is 1. The van der Waals surface area contributed by atoms with Crippen LogP contribution in [0.2, 0.25) is 0 Å². The van der Waals surface area contributed by atoms with Crippen molar-refractivity contribution in [3.05, 3.63) is 40.2 Å². The van der Waals surface area contributed by atoms with Crippen LogP contribution in [-0.4, -0.2) is 47.3 Å². The number of aromatic nitrogens is 2. The lowest BCUT2D eigenvalue weighted by molar-refractivity contribution is -0.125. The molecular formula is C16H17N3O3S. The minimum Gasteiger partial charge on any atom is -0.380 e. The second kappa shape index (κ2) is 5.58. The summed E-state index contributed by atoms with van der Waals surface area (Å²) >= 11 is 1.61. The van der Waals surface area contributed by atoms with Gasteiger partial charge < -0.3 is 14.2 Å². The zero-order chi connectivity index (χ0) is 15.9. The van der Waals surface area contributed by atoms with Crippen LogP contribution < -0.4 is 0 Å². The number of ether oxygens (including phenoxy) is 1. The van der Waals surface area contributed by atoms with Gasteiger partial charge in [0.05, 0.1) is 18.6 Å². The highest BCUT2D eigenvalue weighted by atomic mass is 32.1. The summed E-state index contributed by atoms with van der Waals surface area (Å²) in [6, 6.07) is 3.96. The van der Waals surface area contributed by atoms with E-state index < -0.39 is 0 Å². The Labute approximate surface area is 137 Å². The lowest BCUT2D eigenvalue weighted by Crippen LogP contribution is -2.37. The Morgan fingerprint density at radius 2 is 2.48 bits per heavy atom. The highest BCUT2D eigenvalue weighted by Crippen LogP contribution is 2.43. The second-order valence-electron chi connectivity index (χ2n) is 6.08. The molecule has 0 spiro atoms. The van der Waals surface area contributed by atoms with Crippen LogP contribution in [0.15, 0.2) is 28.1 Å². The lowest BCUT2D eigenvalue weighted by atomic mass is 9.81. The van der Waals surface area contributed by atoms with Crippen molar-refractivity contribution in [1.82, 2.24) is 15.0 Å². The van der Waals surface area contributed by atoms with E-state index in [2.05, 4.69) is 10.1 Å². The summed E-state index contributed by atoms with van der Waals surface area (Å²) in [6.45, 7) is 4.18. The van der Waals surface area contributed by atoms with Crippen LogP contribution in [0, 0.1) is 12.8 Å². The number of fused-ring (bicyclic) bond motifs is 1. The summed E-state index contributed by atoms with van der Waals surface area (Å²) in [4.78, 5) is 19.8. The first-order valence-electron chi connectivity index (χ1n) is 7.56. The Morgan fingerprint density at radius 1 is 1.57 bits per heavy atom. The van der Waals surface area contributed by atoms with Crippen LogP contribution in [0.4, 0.5) is 0 Å². The van der Waals surface area contributed by atoms with Gasteiger partial charge in [0, 0.05) is 30.0 Å². The average molecular weight is 331 g/mol. The maximum absolute atomic E-state index is 12.5. The van der Waals surface area contributed by atoms with Gasteiger partial charge in [-0.1, -0.05) is 11.2 Å². The van der Waals surface area contributed by atoms with Crippen LogP contribution in [0.3, 0.4) is 0 Å². The van der Waals surface area contributed by atoms with Gasteiger partial charge in [0.15, 0.2) is 5.82 Å². The maximum atomic E-state index is 12.5. The minimum absolute atomic E-state index is 0.0170. The molecule has 2 atom stereocenters. The summed E-state index contributed by atoms with van der Waals surface area (Å²) in [5.74, 6) is 1.43. The summed E-state index contributed by atoms with van der Waals surface area (Å²) in [5.41, 5.74) is -0.353. The highest BCUT2D eigenvalue weighted by molar-refractivity contribution is 7.10. The van der Waals surface area contributed by atoms with Crippen molar-refractivity contribution in [1.29, 1.82) is 0 Å². The first-order valence-corrected chi connectivity index (χ1v) is 8.44. The third-order valence-electron chi connectivity index (χ3n) is 4.57. The zero-order valence-electron chi connectivity index (χ0n) is 12.8. The van der Waals surface area contributed by atoms with Crippen molar-refractivity contribution >= 4 is 23.3 Å². The van der Waals surface area contributed by atoms with E-state index in [4.69, 9.17) is 9.26 Å². The van der Waals surface area contributed by atoms with Crippen molar-refractivity contribution in [2.24, 2.45) is 5.92 Å². The van der Waals surface area contributed by atoms with Crippen LogP contribution >= 0.6 is 11.3 Å². The van der Waals surface area contributed by atoms with Gasteiger partial charge in [0.25, 0.3) is 0 Å². The Kier molecular flexibility index (Phi) is 3.54. The van der Waals surface area contributed by atoms with Gasteiger partial charge in [-0.2, -0.15) is 4.98 Å². The molecule has 0 unspecified atom stereocenters. The van der Waals surface area contributed by atoms with Crippen molar-refractivity contribution in [3.63, 3.8) is 0 Å². The third kappa shape index (κ3) is 2.49. The van der Waals surface area contributed by atoms with Gasteiger partial charge in [-0.15, -0.1) is 11.3 Å². The minimum atomic E-state index is -0.353. The maximum Gasteiger partial charge on any atom is 0.246 e. The molecule has 2 aromatic heterocycles. The molecule has 2 saturated heterocycles. The van der Waals surface area contributed by atoms with E-state index in [1.165, 1.54) is 0 Å². The molecule has 0 N–H and O–H groups in total. The molecule has 1 amide bonds. The number of likely N-dealkylation sites (tertiary alicyclic amines) is 1. The van der Waals surface area contributed by atoms with E-state index >= 15 is 0 Å². The van der Waals surface area contributed by atoms with E-state index in [-0.39, 0.29) is 17.2 Å². The van der Waals surface area contributed by atoms with Crippen LogP contribution in [0.1, 0.15) is 16.6 Å². The van der Waals surface area contributed by atoms with E-state index in [0.29, 0.717) is 38.0 Å². The third-order valence-corrected chi connectivity index (χ3v) is 5.41. The van der Waals surface area contributed by atoms with Gasteiger partial charge >= 0.3 is 0 Å². The highest BCUT2D eigenvalue weighted by Gasteiger charge is 2.56. The fourth-order valence-corrected chi connectivity index (χ4v) is 3.97. The normalized spacial score (nSPS) is 27.0. The molecule has 7 heteroatoms. The monoisotopic (exact) mass is 331 g/mol. The predicted molar refractivity (Wildman–Crippen MR) is 85.0 cm³/mol. The van der Waals surface area contributed by atoms with Crippen molar-refractivity contribution in [2.75, 3.05) is 26.3 Å². The largest absolute Gasteiger partial charge is 0.380 e. The van der Waals surface area contributed by atoms with Gasteiger partial charge in [0.1, 0.15) is 0 Å². The molecule has 6 nitrogen and oxygen atoms in total. The molecule has 0 aromatic carbocycles. The first-order chi connectivity index (χ1) is 11.2. The molecule has 2 aliphatic rings. The molecule has 0 aliphatic carbocycles. The average Bonchev–Trinajstić information content (AvgIpc) is 3.27. The molecule has 2 aromatic rings. The summed E-state index contributed by atoms with van der Waals surface area (Å²) in [7, 11) is 0. The molecule has 4 rings (SSSR count). The smallest absolute Gasteiger partial charge is 0.246 e. The molecule has 23 heavy (non-hydrogen) atoms. The Bertz CT molecular complexity index is 740. The van der Waals surface area contributed by atoms with Crippen LogP contribution in [-0.2, 0) is 14.9 Å². The molecule has 2 fully saturated rings. The van der Waals surface area contributed by atoms with Gasteiger partial charge in [-0.25, -0.2) is 0 Å². The molecule has 2 aliphatic heterocycles. The predicted octanol–water partition coefficient (Wildman–Crippen LogP) is 1.88. The van der Waals surface area contributed by atoms with E-state index in [0.717, 1.165) is 4.88 Å². The van der Waals surface area contributed by atoms with E-state index in [1.807, 2.05) is 28.5 Å². The van der Waals surface area contributed by atoms with E-state index in [1.54, 1.807) is 24.3 Å². The molecule has 4 heterocycles. The summed E-state index contributed by atoms with van der Waals surface area (Å²) in [6.07, 6.45) is 3.50. The molecule has 0 radical (unpaired) electrons. The van der Waals surface area contributed by atoms with Gasteiger partial charge in [-0.05, 0) is 24.4 Å². The fraction of sp³-hybridized carbons (Fsp3) is 0.438. The number of nitrogens with zero attached hydrogens (tertiary/aromatic N) is 3. The summed E-state index contributed by atoms with van der Waals surface area (Å²) < 4.78 is 11.0. The number of hydrogen-bond donors (Lipinski definition) is 0. The molecule has 120 valence electrons. The number of amides is 1. The Morgan fingerprint density at radius 3 is 3.22 bits per heavy atom. The number of aryl methyl sites for hydroxylation is 1. The number of thiophene rings is 1. The zero-order valence-corrected chi connectivity index (χ0v) is 13.6. The quantitative estimate of drug-likeness (QED) is 0.803. The first kappa shape index (κ1) is 14.6. The Hall–Kier alpha value is -1.99. The topological polar surface area (TPSA) is 68.5 Å². The van der Waals surface area contributed by atoms with E-state index in [9.17, 15) is 4.79 Å². The second-order valence-corrected chi connectivity index (χ2v) is 7.06.